The van der Waals surface area contributed by atoms with E-state index in [1.165, 1.54) is 5.56 Å². The Hall–Kier alpha value is -3.70. The molecule has 1 amide bonds. The molecule has 0 radical (unpaired) electrons. The number of nitrogens with zero attached hydrogens (tertiary/aromatic N) is 4. The smallest absolute Gasteiger partial charge is 0.272 e. The average molecular weight is 423 g/mol. The van der Waals surface area contributed by atoms with Crippen LogP contribution in [0.1, 0.15) is 16.1 Å². The van der Waals surface area contributed by atoms with E-state index in [4.69, 9.17) is 5.10 Å². The van der Waals surface area contributed by atoms with Crippen molar-refractivity contribution < 1.29 is 4.79 Å². The minimum Gasteiger partial charge on any atom is -0.335 e. The lowest BCUT2D eigenvalue weighted by Crippen LogP contribution is -2.48. The molecule has 1 aromatic heterocycles. The molecule has 0 saturated carbocycles. The number of para-hydroxylation sites is 1. The highest BCUT2D eigenvalue weighted by atomic mass is 16.2. The number of carbonyl (C=O) groups excluding carboxylic acids is 1. The van der Waals surface area contributed by atoms with E-state index in [-0.39, 0.29) is 5.91 Å². The molecular formula is C27H26N4O. The van der Waals surface area contributed by atoms with Crippen LogP contribution in [0, 0.1) is 0 Å². The van der Waals surface area contributed by atoms with Gasteiger partial charge < -0.3 is 4.90 Å². The van der Waals surface area contributed by atoms with Gasteiger partial charge in [-0.25, -0.2) is 4.68 Å². The van der Waals surface area contributed by atoms with E-state index in [0.717, 1.165) is 36.6 Å². The number of carbonyl (C=O) groups is 1. The highest BCUT2D eigenvalue weighted by Crippen LogP contribution is 2.23. The van der Waals surface area contributed by atoms with E-state index in [2.05, 4.69) is 29.2 Å². The summed E-state index contributed by atoms with van der Waals surface area (Å²) in [5.74, 6) is 0.0305. The van der Waals surface area contributed by atoms with Gasteiger partial charge in [0.1, 0.15) is 5.69 Å². The summed E-state index contributed by atoms with van der Waals surface area (Å²) < 4.78 is 1.78. The van der Waals surface area contributed by atoms with Crippen LogP contribution in [0.15, 0.2) is 97.1 Å². The van der Waals surface area contributed by atoms with Crippen molar-refractivity contribution in [1.82, 2.24) is 19.6 Å². The molecule has 32 heavy (non-hydrogen) atoms. The van der Waals surface area contributed by atoms with Crippen LogP contribution < -0.4 is 0 Å². The maximum atomic E-state index is 13.6. The van der Waals surface area contributed by atoms with Gasteiger partial charge in [-0.2, -0.15) is 5.10 Å². The van der Waals surface area contributed by atoms with E-state index < -0.39 is 0 Å². The lowest BCUT2D eigenvalue weighted by atomic mass is 10.1. The highest BCUT2D eigenvalue weighted by molar-refractivity contribution is 5.94. The number of piperazine rings is 1. The molecule has 1 aliphatic rings. The lowest BCUT2D eigenvalue weighted by Gasteiger charge is -2.34. The second kappa shape index (κ2) is 9.20. The molecule has 5 heteroatoms. The minimum absolute atomic E-state index is 0.0305. The third-order valence-corrected chi connectivity index (χ3v) is 5.91. The minimum atomic E-state index is 0.0305. The Balaban J connectivity index is 1.37. The van der Waals surface area contributed by atoms with Crippen molar-refractivity contribution in [2.24, 2.45) is 0 Å². The van der Waals surface area contributed by atoms with Crippen molar-refractivity contribution in [2.45, 2.75) is 6.54 Å². The fourth-order valence-electron chi connectivity index (χ4n) is 4.16. The van der Waals surface area contributed by atoms with Gasteiger partial charge in [0, 0.05) is 38.3 Å². The van der Waals surface area contributed by atoms with Crippen molar-refractivity contribution in [3.63, 3.8) is 0 Å². The van der Waals surface area contributed by atoms with Crippen LogP contribution in [0.25, 0.3) is 16.9 Å². The van der Waals surface area contributed by atoms with Crippen LogP contribution in [0.3, 0.4) is 0 Å². The zero-order chi connectivity index (χ0) is 21.8. The second-order valence-electron chi connectivity index (χ2n) is 8.08. The number of hydrogen-bond donors (Lipinski definition) is 0. The number of benzene rings is 3. The third-order valence-electron chi connectivity index (χ3n) is 5.91. The monoisotopic (exact) mass is 422 g/mol. The first-order valence-electron chi connectivity index (χ1n) is 11.0. The quantitative estimate of drug-likeness (QED) is 0.476. The normalized spacial score (nSPS) is 14.4. The number of rotatable bonds is 5. The molecule has 0 bridgehead atoms. The van der Waals surface area contributed by atoms with Crippen LogP contribution in [0.4, 0.5) is 0 Å². The Morgan fingerprint density at radius 2 is 1.34 bits per heavy atom. The van der Waals surface area contributed by atoms with Crippen LogP contribution in [0.2, 0.25) is 0 Å². The average Bonchev–Trinajstić information content (AvgIpc) is 3.31. The van der Waals surface area contributed by atoms with Gasteiger partial charge in [0.25, 0.3) is 5.91 Å². The molecule has 0 unspecified atom stereocenters. The Morgan fingerprint density at radius 3 is 2.00 bits per heavy atom. The molecule has 3 aromatic carbocycles. The van der Waals surface area contributed by atoms with Gasteiger partial charge in [0.15, 0.2) is 0 Å². The molecule has 1 saturated heterocycles. The van der Waals surface area contributed by atoms with Crippen molar-refractivity contribution in [3.8, 4) is 16.9 Å². The maximum absolute atomic E-state index is 13.6. The first kappa shape index (κ1) is 20.2. The SMILES string of the molecule is O=C(c1cc(-c2ccccc2)nn1-c1ccccc1)N1CCN(Cc2ccccc2)CC1. The van der Waals surface area contributed by atoms with E-state index in [1.807, 2.05) is 77.7 Å². The van der Waals surface area contributed by atoms with Gasteiger partial charge in [0.2, 0.25) is 0 Å². The summed E-state index contributed by atoms with van der Waals surface area (Å²) in [5, 5.41) is 4.80. The molecule has 0 N–H and O–H groups in total. The maximum Gasteiger partial charge on any atom is 0.272 e. The Morgan fingerprint density at radius 1 is 0.750 bits per heavy atom. The van der Waals surface area contributed by atoms with Gasteiger partial charge in [-0.3, -0.25) is 9.69 Å². The van der Waals surface area contributed by atoms with Crippen LogP contribution in [-0.4, -0.2) is 51.7 Å². The topological polar surface area (TPSA) is 41.4 Å². The molecule has 4 aromatic rings. The van der Waals surface area contributed by atoms with Gasteiger partial charge in [-0.15, -0.1) is 0 Å². The first-order valence-corrected chi connectivity index (χ1v) is 11.0. The zero-order valence-electron chi connectivity index (χ0n) is 18.0. The standard InChI is InChI=1S/C27H26N4O/c32-27(30-18-16-29(17-19-30)21-22-10-4-1-5-11-22)26-20-25(23-12-6-2-7-13-23)28-31(26)24-14-8-3-9-15-24/h1-15,20H,16-19,21H2. The number of amides is 1. The fraction of sp³-hybridized carbons (Fsp3) is 0.185. The summed E-state index contributed by atoms with van der Waals surface area (Å²) in [6.07, 6.45) is 0. The summed E-state index contributed by atoms with van der Waals surface area (Å²) in [4.78, 5) is 17.9. The molecule has 0 aliphatic carbocycles. The van der Waals surface area contributed by atoms with E-state index >= 15 is 0 Å². The van der Waals surface area contributed by atoms with Gasteiger partial charge in [0.05, 0.1) is 11.4 Å². The summed E-state index contributed by atoms with van der Waals surface area (Å²) in [5.41, 5.74) is 4.61. The summed E-state index contributed by atoms with van der Waals surface area (Å²) >= 11 is 0. The third kappa shape index (κ3) is 4.34. The van der Waals surface area contributed by atoms with Crippen molar-refractivity contribution >= 4 is 5.91 Å². The zero-order valence-corrected chi connectivity index (χ0v) is 18.0. The molecule has 0 atom stereocenters. The summed E-state index contributed by atoms with van der Waals surface area (Å²) in [7, 11) is 0. The molecule has 0 spiro atoms. The molecule has 1 aliphatic heterocycles. The van der Waals surface area contributed by atoms with E-state index in [0.29, 0.717) is 18.8 Å². The molecular weight excluding hydrogens is 396 g/mol. The van der Waals surface area contributed by atoms with Gasteiger partial charge >= 0.3 is 0 Å². The van der Waals surface area contributed by atoms with Crippen molar-refractivity contribution in [2.75, 3.05) is 26.2 Å². The van der Waals surface area contributed by atoms with Crippen LogP contribution in [0.5, 0.6) is 0 Å². The van der Waals surface area contributed by atoms with Gasteiger partial charge in [-0.1, -0.05) is 78.9 Å². The number of aromatic nitrogens is 2. The van der Waals surface area contributed by atoms with E-state index in [9.17, 15) is 4.79 Å². The van der Waals surface area contributed by atoms with Crippen LogP contribution >= 0.6 is 0 Å². The second-order valence-corrected chi connectivity index (χ2v) is 8.08. The van der Waals surface area contributed by atoms with Crippen molar-refractivity contribution in [3.05, 3.63) is 108 Å². The van der Waals surface area contributed by atoms with Crippen molar-refractivity contribution in [1.29, 1.82) is 0 Å². The van der Waals surface area contributed by atoms with E-state index in [1.54, 1.807) is 4.68 Å². The summed E-state index contributed by atoms with van der Waals surface area (Å²) in [6.45, 7) is 4.08. The Kier molecular flexibility index (Phi) is 5.81. The lowest BCUT2D eigenvalue weighted by molar-refractivity contribution is 0.0619. The predicted molar refractivity (Wildman–Crippen MR) is 127 cm³/mol. The Labute approximate surface area is 188 Å². The van der Waals surface area contributed by atoms with Crippen LogP contribution in [-0.2, 0) is 6.54 Å². The van der Waals surface area contributed by atoms with Gasteiger partial charge in [-0.05, 0) is 23.8 Å². The summed E-state index contributed by atoms with van der Waals surface area (Å²) in [6, 6.07) is 32.3. The molecule has 1 fully saturated rings. The first-order chi connectivity index (χ1) is 15.8. The largest absolute Gasteiger partial charge is 0.335 e. The molecule has 5 rings (SSSR count). The molecule has 2 heterocycles. The predicted octanol–water partition coefficient (Wildman–Crippen LogP) is 4.50. The number of hydrogen-bond acceptors (Lipinski definition) is 3. The molecule has 160 valence electrons. The fourth-order valence-corrected chi connectivity index (χ4v) is 4.16. The highest BCUT2D eigenvalue weighted by Gasteiger charge is 2.26. The Bertz CT molecular complexity index is 1160. The molecule has 5 nitrogen and oxygen atoms in total.